The predicted molar refractivity (Wildman–Crippen MR) is 78.2 cm³/mol. The van der Waals surface area contributed by atoms with Crippen molar-refractivity contribution < 1.29 is 4.79 Å². The molecule has 4 N–H and O–H groups in total. The van der Waals surface area contributed by atoms with Crippen LogP contribution in [0, 0.1) is 6.92 Å². The van der Waals surface area contributed by atoms with Gasteiger partial charge in [-0.25, -0.2) is 4.79 Å². The van der Waals surface area contributed by atoms with E-state index in [0.29, 0.717) is 6.54 Å². The fourth-order valence-electron chi connectivity index (χ4n) is 2.59. The van der Waals surface area contributed by atoms with E-state index in [0.717, 1.165) is 36.9 Å². The summed E-state index contributed by atoms with van der Waals surface area (Å²) >= 11 is 0. The van der Waals surface area contributed by atoms with E-state index >= 15 is 0 Å². The van der Waals surface area contributed by atoms with Crippen molar-refractivity contribution in [1.82, 2.24) is 5.32 Å². The van der Waals surface area contributed by atoms with Crippen LogP contribution in [-0.4, -0.2) is 18.1 Å². The molecule has 0 aliphatic heterocycles. The second-order valence-corrected chi connectivity index (χ2v) is 5.60. The van der Waals surface area contributed by atoms with Crippen LogP contribution in [0.4, 0.5) is 10.5 Å². The second-order valence-electron chi connectivity index (χ2n) is 5.60. The van der Waals surface area contributed by atoms with Gasteiger partial charge in [0.1, 0.15) is 0 Å². The fourth-order valence-corrected chi connectivity index (χ4v) is 2.59. The monoisotopic (exact) mass is 261 g/mol. The van der Waals surface area contributed by atoms with Crippen molar-refractivity contribution in [2.75, 3.05) is 11.9 Å². The van der Waals surface area contributed by atoms with E-state index in [1.54, 1.807) is 0 Å². The van der Waals surface area contributed by atoms with Crippen molar-refractivity contribution in [2.45, 2.75) is 44.6 Å². The number of hydrogen-bond donors (Lipinski definition) is 3. The summed E-state index contributed by atoms with van der Waals surface area (Å²) in [6.07, 6.45) is 5.58. The highest BCUT2D eigenvalue weighted by Crippen LogP contribution is 2.25. The van der Waals surface area contributed by atoms with Crippen molar-refractivity contribution >= 4 is 11.7 Å². The van der Waals surface area contributed by atoms with Crippen LogP contribution in [0.5, 0.6) is 0 Å². The average molecular weight is 261 g/mol. The lowest BCUT2D eigenvalue weighted by Gasteiger charge is -2.33. The van der Waals surface area contributed by atoms with Crippen LogP contribution >= 0.6 is 0 Å². The molecule has 2 amide bonds. The maximum absolute atomic E-state index is 11.8. The number of rotatable bonds is 3. The molecular weight excluding hydrogens is 238 g/mol. The molecule has 0 atom stereocenters. The Bertz CT molecular complexity index is 439. The molecule has 0 bridgehead atoms. The van der Waals surface area contributed by atoms with Crippen LogP contribution in [0.15, 0.2) is 24.3 Å². The first-order chi connectivity index (χ1) is 9.07. The van der Waals surface area contributed by atoms with E-state index in [9.17, 15) is 4.79 Å². The molecule has 1 aromatic rings. The largest absolute Gasteiger partial charge is 0.336 e. The minimum absolute atomic E-state index is 0.180. The van der Waals surface area contributed by atoms with Crippen LogP contribution in [0.3, 0.4) is 0 Å². The summed E-state index contributed by atoms with van der Waals surface area (Å²) in [5.41, 5.74) is 8.00. The van der Waals surface area contributed by atoms with Gasteiger partial charge in [-0.15, -0.1) is 0 Å². The summed E-state index contributed by atoms with van der Waals surface area (Å²) in [5.74, 6) is 0. The topological polar surface area (TPSA) is 67.2 Å². The highest BCUT2D eigenvalue weighted by molar-refractivity contribution is 5.89. The Morgan fingerprint density at radius 3 is 2.74 bits per heavy atom. The summed E-state index contributed by atoms with van der Waals surface area (Å²) in [6.45, 7) is 2.55. The number of anilines is 1. The van der Waals surface area contributed by atoms with Crippen LogP contribution in [-0.2, 0) is 0 Å². The van der Waals surface area contributed by atoms with Gasteiger partial charge in [0.15, 0.2) is 0 Å². The van der Waals surface area contributed by atoms with Crippen molar-refractivity contribution in [3.05, 3.63) is 29.8 Å². The average Bonchev–Trinajstić information content (AvgIpc) is 2.38. The minimum Gasteiger partial charge on any atom is -0.336 e. The van der Waals surface area contributed by atoms with Gasteiger partial charge >= 0.3 is 6.03 Å². The standard InChI is InChI=1S/C15H23N3O/c1-12-6-5-7-13(10-12)18-14(19)17-11-15(16)8-3-2-4-9-15/h5-7,10H,2-4,8-9,11,16H2,1H3,(H2,17,18,19). The molecule has 4 nitrogen and oxygen atoms in total. The van der Waals surface area contributed by atoms with Gasteiger partial charge in [0.2, 0.25) is 0 Å². The number of aryl methyl sites for hydroxylation is 1. The first-order valence-corrected chi connectivity index (χ1v) is 6.98. The van der Waals surface area contributed by atoms with E-state index in [1.807, 2.05) is 31.2 Å². The molecular formula is C15H23N3O. The summed E-state index contributed by atoms with van der Waals surface area (Å²) in [6, 6.07) is 7.57. The lowest BCUT2D eigenvalue weighted by atomic mass is 9.82. The lowest BCUT2D eigenvalue weighted by molar-refractivity contribution is 0.241. The lowest BCUT2D eigenvalue weighted by Crippen LogP contribution is -2.52. The minimum atomic E-state index is -0.220. The molecule has 0 unspecified atom stereocenters. The fraction of sp³-hybridized carbons (Fsp3) is 0.533. The normalized spacial score (nSPS) is 17.8. The molecule has 0 heterocycles. The zero-order valence-corrected chi connectivity index (χ0v) is 11.5. The van der Waals surface area contributed by atoms with Gasteiger partial charge < -0.3 is 16.4 Å². The molecule has 0 spiro atoms. The first kappa shape index (κ1) is 13.9. The molecule has 0 radical (unpaired) electrons. The van der Waals surface area contributed by atoms with Crippen molar-refractivity contribution in [3.63, 3.8) is 0 Å². The molecule has 2 rings (SSSR count). The highest BCUT2D eigenvalue weighted by Gasteiger charge is 2.27. The Hall–Kier alpha value is -1.55. The Morgan fingerprint density at radius 2 is 2.05 bits per heavy atom. The van der Waals surface area contributed by atoms with Crippen molar-refractivity contribution in [3.8, 4) is 0 Å². The third kappa shape index (κ3) is 4.24. The Balaban J connectivity index is 1.81. The van der Waals surface area contributed by atoms with E-state index < -0.39 is 0 Å². The van der Waals surface area contributed by atoms with E-state index in [2.05, 4.69) is 10.6 Å². The number of nitrogens with one attached hydrogen (secondary N) is 2. The van der Waals surface area contributed by atoms with Crippen LogP contribution < -0.4 is 16.4 Å². The molecule has 0 aromatic heterocycles. The molecule has 1 aliphatic carbocycles. The van der Waals surface area contributed by atoms with Gasteiger partial charge in [0.25, 0.3) is 0 Å². The van der Waals surface area contributed by atoms with Gasteiger partial charge in [0, 0.05) is 17.8 Å². The molecule has 19 heavy (non-hydrogen) atoms. The zero-order chi connectivity index (χ0) is 13.7. The number of urea groups is 1. The third-order valence-corrected chi connectivity index (χ3v) is 3.73. The van der Waals surface area contributed by atoms with Gasteiger partial charge in [0.05, 0.1) is 0 Å². The van der Waals surface area contributed by atoms with Crippen molar-refractivity contribution in [1.29, 1.82) is 0 Å². The summed E-state index contributed by atoms with van der Waals surface area (Å²) in [5, 5.41) is 5.72. The van der Waals surface area contributed by atoms with E-state index in [1.165, 1.54) is 6.42 Å². The molecule has 4 heteroatoms. The van der Waals surface area contributed by atoms with Crippen LogP contribution in [0.1, 0.15) is 37.7 Å². The molecule has 1 fully saturated rings. The SMILES string of the molecule is Cc1cccc(NC(=O)NCC2(N)CCCCC2)c1. The summed E-state index contributed by atoms with van der Waals surface area (Å²) in [7, 11) is 0. The zero-order valence-electron chi connectivity index (χ0n) is 11.5. The summed E-state index contributed by atoms with van der Waals surface area (Å²) in [4.78, 5) is 11.8. The number of benzene rings is 1. The second kappa shape index (κ2) is 6.06. The van der Waals surface area contributed by atoms with Gasteiger partial charge in [-0.05, 0) is 37.5 Å². The molecule has 104 valence electrons. The maximum atomic E-state index is 11.8. The number of amides is 2. The predicted octanol–water partition coefficient (Wildman–Crippen LogP) is 2.78. The van der Waals surface area contributed by atoms with E-state index in [4.69, 9.17) is 5.73 Å². The number of carbonyl (C=O) groups excluding carboxylic acids is 1. The Labute approximate surface area is 114 Å². The molecule has 1 aromatic carbocycles. The molecule has 1 aliphatic rings. The number of hydrogen-bond acceptors (Lipinski definition) is 2. The van der Waals surface area contributed by atoms with E-state index in [-0.39, 0.29) is 11.6 Å². The van der Waals surface area contributed by atoms with Crippen LogP contribution in [0.25, 0.3) is 0 Å². The van der Waals surface area contributed by atoms with Gasteiger partial charge in [-0.1, -0.05) is 31.4 Å². The summed E-state index contributed by atoms with van der Waals surface area (Å²) < 4.78 is 0. The van der Waals surface area contributed by atoms with Gasteiger partial charge in [-0.3, -0.25) is 0 Å². The van der Waals surface area contributed by atoms with Crippen LogP contribution in [0.2, 0.25) is 0 Å². The van der Waals surface area contributed by atoms with Gasteiger partial charge in [-0.2, -0.15) is 0 Å². The first-order valence-electron chi connectivity index (χ1n) is 6.98. The Kier molecular flexibility index (Phi) is 4.43. The highest BCUT2D eigenvalue weighted by atomic mass is 16.2. The maximum Gasteiger partial charge on any atom is 0.319 e. The third-order valence-electron chi connectivity index (χ3n) is 3.73. The molecule has 1 saturated carbocycles. The quantitative estimate of drug-likeness (QED) is 0.783. The van der Waals surface area contributed by atoms with Crippen molar-refractivity contribution in [2.24, 2.45) is 5.73 Å². The molecule has 0 saturated heterocycles. The Morgan fingerprint density at radius 1 is 1.32 bits per heavy atom. The number of nitrogens with two attached hydrogens (primary N) is 1. The smallest absolute Gasteiger partial charge is 0.319 e. The number of carbonyl (C=O) groups is 1.